The number of thiol groups is 1. The molecule has 0 bridgehead atoms. The van der Waals surface area contributed by atoms with E-state index in [0.29, 0.717) is 59.5 Å². The highest BCUT2D eigenvalue weighted by Crippen LogP contribution is 2.26. The monoisotopic (exact) mass is 677 g/mol. The summed E-state index contributed by atoms with van der Waals surface area (Å²) in [6.07, 6.45) is 2.53. The van der Waals surface area contributed by atoms with Gasteiger partial charge in [-0.25, -0.2) is 15.2 Å². The van der Waals surface area contributed by atoms with Crippen molar-refractivity contribution in [1.82, 2.24) is 36.5 Å². The number of carbonyl (C=O) groups excluding carboxylic acids is 7. The quantitative estimate of drug-likeness (QED) is 0.0288. The van der Waals surface area contributed by atoms with Crippen LogP contribution in [0, 0.1) is 0 Å². The Hall–Kier alpha value is -3.48. The Labute approximate surface area is 275 Å². The molecule has 264 valence electrons. The largest absolute Gasteiger partial charge is 0.356 e. The molecular formula is C28H51N7O10S. The summed E-state index contributed by atoms with van der Waals surface area (Å²) in [5.74, 6) is -2.77. The second kappa shape index (κ2) is 23.8. The van der Waals surface area contributed by atoms with E-state index in [9.17, 15) is 49.2 Å². The Morgan fingerprint density at radius 3 is 1.11 bits per heavy atom. The molecule has 7 N–H and O–H groups in total. The van der Waals surface area contributed by atoms with E-state index < -0.39 is 23.3 Å². The van der Waals surface area contributed by atoms with E-state index in [1.54, 1.807) is 0 Å². The van der Waals surface area contributed by atoms with Crippen molar-refractivity contribution in [3.05, 3.63) is 0 Å². The van der Waals surface area contributed by atoms with Gasteiger partial charge in [0.2, 0.25) is 41.4 Å². The minimum Gasteiger partial charge on any atom is -0.356 e. The standard InChI is InChI=1S/C28H51N7O10S/c1-21(36)33(43)17-7-24(39)29-14-4-11-28(32-27(42)10-20-46,12-5-15-30-25(40)8-18-34(44)22(2)37)13-6-16-31-26(41)9-19-35(45)23(3)38/h43-46H,4-20H2,1-3H3,(H,29,39)(H,30,40)(H,31,41)(H,32,42). The van der Waals surface area contributed by atoms with Gasteiger partial charge in [0.25, 0.3) is 0 Å². The van der Waals surface area contributed by atoms with Gasteiger partial charge < -0.3 is 21.3 Å². The first-order valence-electron chi connectivity index (χ1n) is 15.3. The number of carbonyl (C=O) groups is 7. The summed E-state index contributed by atoms with van der Waals surface area (Å²) in [5.41, 5.74) is -0.774. The van der Waals surface area contributed by atoms with Crippen molar-refractivity contribution in [3.8, 4) is 0 Å². The van der Waals surface area contributed by atoms with Gasteiger partial charge in [0, 0.05) is 71.6 Å². The fourth-order valence-corrected chi connectivity index (χ4v) is 4.55. The van der Waals surface area contributed by atoms with Gasteiger partial charge in [0.15, 0.2) is 0 Å². The van der Waals surface area contributed by atoms with E-state index in [2.05, 4.69) is 33.9 Å². The molecule has 0 spiro atoms. The van der Waals surface area contributed by atoms with Crippen LogP contribution in [0.4, 0.5) is 0 Å². The third kappa shape index (κ3) is 20.5. The number of hydrogen-bond donors (Lipinski definition) is 8. The Bertz CT molecular complexity index is 910. The molecule has 0 saturated carbocycles. The van der Waals surface area contributed by atoms with Gasteiger partial charge >= 0.3 is 0 Å². The molecule has 0 aromatic carbocycles. The maximum atomic E-state index is 12.8. The Balaban J connectivity index is 5.36. The summed E-state index contributed by atoms with van der Waals surface area (Å²) in [6, 6.07) is 0. The first-order valence-corrected chi connectivity index (χ1v) is 15.9. The topological polar surface area (TPSA) is 238 Å². The maximum Gasteiger partial charge on any atom is 0.242 e. The van der Waals surface area contributed by atoms with E-state index in [0.717, 1.165) is 0 Å². The average Bonchev–Trinajstić information content (AvgIpc) is 2.99. The van der Waals surface area contributed by atoms with Gasteiger partial charge in [-0.05, 0) is 44.3 Å². The van der Waals surface area contributed by atoms with Gasteiger partial charge in [-0.3, -0.25) is 49.2 Å². The average molecular weight is 678 g/mol. The fourth-order valence-electron chi connectivity index (χ4n) is 4.35. The molecule has 0 saturated heterocycles. The summed E-state index contributed by atoms with van der Waals surface area (Å²) in [7, 11) is 0. The van der Waals surface area contributed by atoms with E-state index >= 15 is 0 Å². The third-order valence-electron chi connectivity index (χ3n) is 6.95. The van der Waals surface area contributed by atoms with Gasteiger partial charge in [-0.2, -0.15) is 12.6 Å². The maximum absolute atomic E-state index is 12.8. The number of nitrogens with one attached hydrogen (secondary N) is 4. The van der Waals surface area contributed by atoms with Crippen molar-refractivity contribution in [2.75, 3.05) is 45.0 Å². The Kier molecular flexibility index (Phi) is 22.0. The molecule has 0 aromatic heterocycles. The molecule has 0 heterocycles. The summed E-state index contributed by atoms with van der Waals surface area (Å²) in [4.78, 5) is 82.7. The zero-order chi connectivity index (χ0) is 35.1. The lowest BCUT2D eigenvalue weighted by molar-refractivity contribution is -0.163. The second-order valence-electron chi connectivity index (χ2n) is 10.8. The van der Waals surface area contributed by atoms with Gasteiger partial charge in [0.1, 0.15) is 0 Å². The number of hydrogen-bond acceptors (Lipinski definition) is 11. The van der Waals surface area contributed by atoms with Gasteiger partial charge in [-0.1, -0.05) is 0 Å². The van der Waals surface area contributed by atoms with Crippen molar-refractivity contribution >= 4 is 54.0 Å². The van der Waals surface area contributed by atoms with Crippen LogP contribution in [-0.2, 0) is 33.6 Å². The zero-order valence-corrected chi connectivity index (χ0v) is 27.9. The molecule has 0 atom stereocenters. The number of nitrogens with zero attached hydrogens (tertiary/aromatic N) is 3. The first-order chi connectivity index (χ1) is 21.6. The molecule has 0 rings (SSSR count). The molecule has 17 nitrogen and oxygen atoms in total. The molecule has 0 fully saturated rings. The lowest BCUT2D eigenvalue weighted by atomic mass is 9.83. The predicted octanol–water partition coefficient (Wildman–Crippen LogP) is -0.266. The van der Waals surface area contributed by atoms with Crippen LogP contribution in [0.1, 0.15) is 85.0 Å². The van der Waals surface area contributed by atoms with Crippen LogP contribution in [0.25, 0.3) is 0 Å². The van der Waals surface area contributed by atoms with Crippen LogP contribution >= 0.6 is 12.6 Å². The third-order valence-corrected chi connectivity index (χ3v) is 7.17. The predicted molar refractivity (Wildman–Crippen MR) is 167 cm³/mol. The van der Waals surface area contributed by atoms with Crippen LogP contribution in [0.15, 0.2) is 0 Å². The minimum atomic E-state index is -0.774. The van der Waals surface area contributed by atoms with Crippen molar-refractivity contribution in [2.45, 2.75) is 90.5 Å². The molecule has 18 heteroatoms. The molecule has 0 aliphatic rings. The lowest BCUT2D eigenvalue weighted by Crippen LogP contribution is -2.50. The molecule has 0 aromatic rings. The summed E-state index contributed by atoms with van der Waals surface area (Å²) < 4.78 is 0. The molecule has 0 aliphatic carbocycles. The highest BCUT2D eigenvalue weighted by Gasteiger charge is 2.31. The van der Waals surface area contributed by atoms with Crippen LogP contribution in [0.3, 0.4) is 0 Å². The van der Waals surface area contributed by atoms with E-state index in [4.69, 9.17) is 0 Å². The van der Waals surface area contributed by atoms with Crippen LogP contribution < -0.4 is 21.3 Å². The number of rotatable bonds is 24. The van der Waals surface area contributed by atoms with Crippen LogP contribution in [0.5, 0.6) is 0 Å². The van der Waals surface area contributed by atoms with Crippen LogP contribution in [-0.4, -0.2) is 123 Å². The van der Waals surface area contributed by atoms with E-state index in [-0.39, 0.29) is 88.6 Å². The zero-order valence-electron chi connectivity index (χ0n) is 27.0. The SMILES string of the molecule is CC(=O)N(O)CCC(=O)NCCCC(CCCNC(=O)CCN(O)C(C)=O)(CCCNC(=O)CCN(O)C(C)=O)NC(=O)CCS. The Morgan fingerprint density at radius 1 is 0.543 bits per heavy atom. The minimum absolute atomic E-state index is 0.0970. The van der Waals surface area contributed by atoms with Crippen molar-refractivity contribution in [1.29, 1.82) is 0 Å². The normalized spacial score (nSPS) is 10.8. The van der Waals surface area contributed by atoms with Crippen molar-refractivity contribution < 1.29 is 49.2 Å². The molecular weight excluding hydrogens is 626 g/mol. The number of hydroxylamine groups is 6. The second-order valence-corrected chi connectivity index (χ2v) is 11.3. The van der Waals surface area contributed by atoms with E-state index in [1.165, 1.54) is 20.8 Å². The van der Waals surface area contributed by atoms with Gasteiger partial charge in [-0.15, -0.1) is 0 Å². The smallest absolute Gasteiger partial charge is 0.242 e. The highest BCUT2D eigenvalue weighted by molar-refractivity contribution is 7.80. The van der Waals surface area contributed by atoms with Crippen molar-refractivity contribution in [2.24, 2.45) is 0 Å². The molecule has 0 radical (unpaired) electrons. The number of amides is 7. The molecule has 7 amide bonds. The lowest BCUT2D eigenvalue weighted by Gasteiger charge is -2.36. The first kappa shape index (κ1) is 42.5. The summed E-state index contributed by atoms with van der Waals surface area (Å²) in [5, 5.41) is 41.0. The molecule has 0 aliphatic heterocycles. The summed E-state index contributed by atoms with van der Waals surface area (Å²) in [6.45, 7) is 3.81. The van der Waals surface area contributed by atoms with Crippen LogP contribution in [0.2, 0.25) is 0 Å². The highest BCUT2D eigenvalue weighted by atomic mass is 32.1. The molecule has 0 unspecified atom stereocenters. The van der Waals surface area contributed by atoms with Gasteiger partial charge in [0.05, 0.1) is 19.6 Å². The van der Waals surface area contributed by atoms with Crippen molar-refractivity contribution in [3.63, 3.8) is 0 Å². The van der Waals surface area contributed by atoms with E-state index in [1.807, 2.05) is 0 Å². The molecule has 46 heavy (non-hydrogen) atoms. The summed E-state index contributed by atoms with van der Waals surface area (Å²) >= 11 is 4.14. The fraction of sp³-hybridized carbons (Fsp3) is 0.750. The Morgan fingerprint density at radius 2 is 0.848 bits per heavy atom.